The van der Waals surface area contributed by atoms with Crippen molar-refractivity contribution in [2.75, 3.05) is 39.8 Å². The largest absolute Gasteiger partial charge is 0.356 e. The molecule has 0 aromatic heterocycles. The van der Waals surface area contributed by atoms with E-state index in [0.717, 1.165) is 25.0 Å². The highest BCUT2D eigenvalue weighted by Crippen LogP contribution is 2.40. The molecule has 4 heteroatoms. The second kappa shape index (κ2) is 8.76. The first-order chi connectivity index (χ1) is 10.7. The predicted octanol–water partition coefficient (Wildman–Crippen LogP) is 2.85. The van der Waals surface area contributed by atoms with Crippen molar-refractivity contribution < 1.29 is 0 Å². The van der Waals surface area contributed by atoms with Crippen LogP contribution in [0.25, 0.3) is 0 Å². The number of nitrogens with one attached hydrogen (secondary N) is 2. The summed E-state index contributed by atoms with van der Waals surface area (Å²) in [6.45, 7) is 10.5. The molecule has 2 N–H and O–H groups in total. The predicted molar refractivity (Wildman–Crippen MR) is 95.4 cm³/mol. The lowest BCUT2D eigenvalue weighted by atomic mass is 9.83. The van der Waals surface area contributed by atoms with Gasteiger partial charge in [0.25, 0.3) is 0 Å². The van der Waals surface area contributed by atoms with Gasteiger partial charge in [-0.2, -0.15) is 0 Å². The first-order valence-corrected chi connectivity index (χ1v) is 9.38. The van der Waals surface area contributed by atoms with Crippen LogP contribution < -0.4 is 10.6 Å². The van der Waals surface area contributed by atoms with Gasteiger partial charge in [-0.3, -0.25) is 4.99 Å². The Labute approximate surface area is 137 Å². The fourth-order valence-corrected chi connectivity index (χ4v) is 4.11. The van der Waals surface area contributed by atoms with Crippen LogP contribution in [0, 0.1) is 11.3 Å². The summed E-state index contributed by atoms with van der Waals surface area (Å²) in [5.41, 5.74) is 0.517. The van der Waals surface area contributed by atoms with Crippen molar-refractivity contribution in [2.24, 2.45) is 16.3 Å². The van der Waals surface area contributed by atoms with Crippen molar-refractivity contribution in [2.45, 2.75) is 58.8 Å². The molecule has 1 heterocycles. The molecule has 2 rings (SSSR count). The van der Waals surface area contributed by atoms with Gasteiger partial charge < -0.3 is 15.5 Å². The third-order valence-electron chi connectivity index (χ3n) is 5.74. The van der Waals surface area contributed by atoms with E-state index >= 15 is 0 Å². The van der Waals surface area contributed by atoms with E-state index in [-0.39, 0.29) is 0 Å². The Kier molecular flexibility index (Phi) is 7.00. The Hall–Kier alpha value is -0.770. The minimum absolute atomic E-state index is 0.517. The lowest BCUT2D eigenvalue weighted by molar-refractivity contribution is 0.283. The fourth-order valence-electron chi connectivity index (χ4n) is 4.11. The highest BCUT2D eigenvalue weighted by Gasteiger charge is 2.32. The Morgan fingerprint density at radius 3 is 2.64 bits per heavy atom. The third-order valence-corrected chi connectivity index (χ3v) is 5.74. The molecule has 1 atom stereocenters. The first-order valence-electron chi connectivity index (χ1n) is 9.38. The minimum atomic E-state index is 0.517. The van der Waals surface area contributed by atoms with Crippen LogP contribution in [0.5, 0.6) is 0 Å². The summed E-state index contributed by atoms with van der Waals surface area (Å²) in [7, 11) is 1.89. The lowest BCUT2D eigenvalue weighted by Gasteiger charge is -2.28. The number of hydrogen-bond donors (Lipinski definition) is 2. The molecule has 4 nitrogen and oxygen atoms in total. The molecular weight excluding hydrogens is 272 g/mol. The van der Waals surface area contributed by atoms with Gasteiger partial charge in [-0.25, -0.2) is 0 Å². The van der Waals surface area contributed by atoms with Crippen molar-refractivity contribution >= 4 is 5.96 Å². The maximum absolute atomic E-state index is 4.41. The monoisotopic (exact) mass is 308 g/mol. The van der Waals surface area contributed by atoms with E-state index in [4.69, 9.17) is 0 Å². The Balaban J connectivity index is 1.69. The molecule has 0 amide bonds. The lowest BCUT2D eigenvalue weighted by Crippen LogP contribution is -2.44. The quantitative estimate of drug-likeness (QED) is 0.561. The zero-order valence-corrected chi connectivity index (χ0v) is 15.0. The molecule has 1 unspecified atom stereocenters. The van der Waals surface area contributed by atoms with E-state index in [9.17, 15) is 0 Å². The van der Waals surface area contributed by atoms with Gasteiger partial charge in [0.15, 0.2) is 5.96 Å². The highest BCUT2D eigenvalue weighted by atomic mass is 15.2. The Morgan fingerprint density at radius 2 is 2.00 bits per heavy atom. The standard InChI is InChI=1S/C18H36N4/c1-4-11-22-12-8-16(14-22)13-20-17(19-3)21-15-18(5-2)9-6-7-10-18/h16H,4-15H2,1-3H3,(H2,19,20,21). The summed E-state index contributed by atoms with van der Waals surface area (Å²) in [5, 5.41) is 7.14. The van der Waals surface area contributed by atoms with Gasteiger partial charge >= 0.3 is 0 Å². The SMILES string of the molecule is CCCN1CCC(CNC(=NC)NCC2(CC)CCCC2)C1. The topological polar surface area (TPSA) is 39.7 Å². The number of guanidine groups is 1. The van der Waals surface area contributed by atoms with E-state index in [2.05, 4.69) is 34.4 Å². The maximum Gasteiger partial charge on any atom is 0.191 e. The molecule has 22 heavy (non-hydrogen) atoms. The molecule has 0 aromatic carbocycles. The molecular formula is C18H36N4. The van der Waals surface area contributed by atoms with Gasteiger partial charge in [-0.05, 0) is 56.5 Å². The summed E-state index contributed by atoms with van der Waals surface area (Å²) in [5.74, 6) is 1.77. The van der Waals surface area contributed by atoms with Crippen LogP contribution in [0.4, 0.5) is 0 Å². The van der Waals surface area contributed by atoms with Crippen molar-refractivity contribution in [1.82, 2.24) is 15.5 Å². The van der Waals surface area contributed by atoms with Gasteiger partial charge in [-0.1, -0.05) is 26.7 Å². The fraction of sp³-hybridized carbons (Fsp3) is 0.944. The van der Waals surface area contributed by atoms with Crippen LogP contribution in [0.3, 0.4) is 0 Å². The maximum atomic E-state index is 4.41. The van der Waals surface area contributed by atoms with E-state index in [1.807, 2.05) is 7.05 Å². The number of likely N-dealkylation sites (tertiary alicyclic amines) is 1. The second-order valence-corrected chi connectivity index (χ2v) is 7.32. The normalized spacial score (nSPS) is 25.6. The van der Waals surface area contributed by atoms with E-state index in [1.165, 1.54) is 64.6 Å². The smallest absolute Gasteiger partial charge is 0.191 e. The summed E-state index contributed by atoms with van der Waals surface area (Å²) < 4.78 is 0. The number of nitrogens with zero attached hydrogens (tertiary/aromatic N) is 2. The van der Waals surface area contributed by atoms with Crippen molar-refractivity contribution in [3.05, 3.63) is 0 Å². The van der Waals surface area contributed by atoms with E-state index in [1.54, 1.807) is 0 Å². The summed E-state index contributed by atoms with van der Waals surface area (Å²) in [4.78, 5) is 7.00. The molecule has 0 bridgehead atoms. The van der Waals surface area contributed by atoms with Crippen LogP contribution in [-0.4, -0.2) is 50.6 Å². The Morgan fingerprint density at radius 1 is 1.23 bits per heavy atom. The molecule has 128 valence electrons. The average molecular weight is 309 g/mol. The zero-order chi connectivity index (χ0) is 15.8. The van der Waals surface area contributed by atoms with Crippen LogP contribution in [0.1, 0.15) is 58.8 Å². The summed E-state index contributed by atoms with van der Waals surface area (Å²) >= 11 is 0. The van der Waals surface area contributed by atoms with E-state index in [0.29, 0.717) is 5.41 Å². The van der Waals surface area contributed by atoms with Gasteiger partial charge in [0.1, 0.15) is 0 Å². The summed E-state index contributed by atoms with van der Waals surface area (Å²) in [6.07, 6.45) is 9.43. The van der Waals surface area contributed by atoms with Crippen LogP contribution in [-0.2, 0) is 0 Å². The van der Waals surface area contributed by atoms with Crippen molar-refractivity contribution in [3.8, 4) is 0 Å². The average Bonchev–Trinajstić information content (AvgIpc) is 3.18. The van der Waals surface area contributed by atoms with Crippen LogP contribution >= 0.6 is 0 Å². The molecule has 2 aliphatic rings. The molecule has 0 radical (unpaired) electrons. The van der Waals surface area contributed by atoms with Gasteiger partial charge in [-0.15, -0.1) is 0 Å². The number of hydrogen-bond acceptors (Lipinski definition) is 2. The molecule has 1 saturated heterocycles. The van der Waals surface area contributed by atoms with Crippen molar-refractivity contribution in [1.29, 1.82) is 0 Å². The third kappa shape index (κ3) is 4.87. The van der Waals surface area contributed by atoms with Gasteiger partial charge in [0.05, 0.1) is 0 Å². The Bertz CT molecular complexity index is 347. The number of aliphatic imine (C=N–C) groups is 1. The molecule has 1 aliphatic carbocycles. The summed E-state index contributed by atoms with van der Waals surface area (Å²) in [6, 6.07) is 0. The van der Waals surface area contributed by atoms with Gasteiger partial charge in [0.2, 0.25) is 0 Å². The molecule has 2 fully saturated rings. The van der Waals surface area contributed by atoms with Crippen LogP contribution in [0.15, 0.2) is 4.99 Å². The molecule has 0 spiro atoms. The highest BCUT2D eigenvalue weighted by molar-refractivity contribution is 5.79. The molecule has 1 aliphatic heterocycles. The minimum Gasteiger partial charge on any atom is -0.356 e. The first kappa shape index (κ1) is 17.6. The van der Waals surface area contributed by atoms with Crippen LogP contribution in [0.2, 0.25) is 0 Å². The second-order valence-electron chi connectivity index (χ2n) is 7.32. The van der Waals surface area contributed by atoms with Crippen molar-refractivity contribution in [3.63, 3.8) is 0 Å². The van der Waals surface area contributed by atoms with Gasteiger partial charge in [0, 0.05) is 26.7 Å². The molecule has 1 saturated carbocycles. The number of rotatable bonds is 7. The zero-order valence-electron chi connectivity index (χ0n) is 15.0. The van der Waals surface area contributed by atoms with E-state index < -0.39 is 0 Å². The molecule has 0 aromatic rings.